The Labute approximate surface area is 103 Å². The summed E-state index contributed by atoms with van der Waals surface area (Å²) in [5.74, 6) is 0. The molecule has 1 saturated heterocycles. The van der Waals surface area contributed by atoms with E-state index in [9.17, 15) is 9.90 Å². The first-order valence-corrected chi connectivity index (χ1v) is 6.11. The standard InChI is InChI=1S/C12H24N2O3/c1-8(2)13-9-6-14(7-10(9)15)11(16)17-12(3,4)5/h8-10,13,15H,6-7H2,1-5H3. The maximum Gasteiger partial charge on any atom is 0.410 e. The van der Waals surface area contributed by atoms with Gasteiger partial charge in [-0.15, -0.1) is 0 Å². The molecule has 0 aliphatic carbocycles. The molecule has 1 amide bonds. The van der Waals surface area contributed by atoms with Gasteiger partial charge in [-0.25, -0.2) is 4.79 Å². The number of β-amino-alcohol motifs (C(OH)–C–C–N with tert-alkyl or cyclic N) is 1. The Bertz CT molecular complexity index is 273. The maximum atomic E-state index is 11.8. The van der Waals surface area contributed by atoms with Crippen molar-refractivity contribution in [1.82, 2.24) is 10.2 Å². The number of aliphatic hydroxyl groups is 1. The van der Waals surface area contributed by atoms with Crippen LogP contribution in [0, 0.1) is 0 Å². The summed E-state index contributed by atoms with van der Waals surface area (Å²) in [6, 6.07) is 0.218. The fourth-order valence-corrected chi connectivity index (χ4v) is 1.85. The summed E-state index contributed by atoms with van der Waals surface area (Å²) in [7, 11) is 0. The fraction of sp³-hybridized carbons (Fsp3) is 0.917. The van der Waals surface area contributed by atoms with Gasteiger partial charge >= 0.3 is 6.09 Å². The largest absolute Gasteiger partial charge is 0.444 e. The topological polar surface area (TPSA) is 61.8 Å². The zero-order valence-corrected chi connectivity index (χ0v) is 11.4. The first kappa shape index (κ1) is 14.3. The number of likely N-dealkylation sites (tertiary alicyclic amines) is 1. The van der Waals surface area contributed by atoms with E-state index in [2.05, 4.69) is 5.32 Å². The molecule has 5 nitrogen and oxygen atoms in total. The van der Waals surface area contributed by atoms with Crippen LogP contribution in [0.4, 0.5) is 4.79 Å². The van der Waals surface area contributed by atoms with Crippen molar-refractivity contribution in [2.45, 2.75) is 58.4 Å². The lowest BCUT2D eigenvalue weighted by atomic mass is 10.2. The molecule has 1 rings (SSSR count). The molecule has 100 valence electrons. The van der Waals surface area contributed by atoms with Crippen molar-refractivity contribution in [1.29, 1.82) is 0 Å². The van der Waals surface area contributed by atoms with Gasteiger partial charge in [0.05, 0.1) is 18.7 Å². The molecule has 2 unspecified atom stereocenters. The SMILES string of the molecule is CC(C)NC1CN(C(=O)OC(C)(C)C)CC1O. The molecule has 0 saturated carbocycles. The Morgan fingerprint density at radius 2 is 2.00 bits per heavy atom. The van der Waals surface area contributed by atoms with Gasteiger partial charge in [0.2, 0.25) is 0 Å². The summed E-state index contributed by atoms with van der Waals surface area (Å²) in [5.41, 5.74) is -0.494. The Morgan fingerprint density at radius 3 is 2.47 bits per heavy atom. The zero-order valence-electron chi connectivity index (χ0n) is 11.4. The lowest BCUT2D eigenvalue weighted by molar-refractivity contribution is 0.0270. The number of amides is 1. The van der Waals surface area contributed by atoms with E-state index in [1.165, 1.54) is 0 Å². The fourth-order valence-electron chi connectivity index (χ4n) is 1.85. The third kappa shape index (κ3) is 4.52. The molecule has 2 N–H and O–H groups in total. The molecule has 2 atom stereocenters. The molecular formula is C12H24N2O3. The first-order valence-electron chi connectivity index (χ1n) is 6.11. The molecule has 0 spiro atoms. The zero-order chi connectivity index (χ0) is 13.2. The van der Waals surface area contributed by atoms with Gasteiger partial charge in [0.1, 0.15) is 5.60 Å². The highest BCUT2D eigenvalue weighted by Gasteiger charge is 2.36. The second-order valence-corrected chi connectivity index (χ2v) is 5.88. The van der Waals surface area contributed by atoms with E-state index in [0.717, 1.165) is 0 Å². The van der Waals surface area contributed by atoms with Crippen molar-refractivity contribution in [3.8, 4) is 0 Å². The highest BCUT2D eigenvalue weighted by atomic mass is 16.6. The lowest BCUT2D eigenvalue weighted by Crippen LogP contribution is -2.43. The van der Waals surface area contributed by atoms with Gasteiger partial charge in [0.15, 0.2) is 0 Å². The number of nitrogens with one attached hydrogen (secondary N) is 1. The van der Waals surface area contributed by atoms with Crippen LogP contribution in [0.15, 0.2) is 0 Å². The van der Waals surface area contributed by atoms with Crippen molar-refractivity contribution >= 4 is 6.09 Å². The molecule has 0 aromatic rings. The number of hydrogen-bond donors (Lipinski definition) is 2. The van der Waals surface area contributed by atoms with E-state index in [1.54, 1.807) is 4.90 Å². The lowest BCUT2D eigenvalue weighted by Gasteiger charge is -2.24. The molecule has 0 radical (unpaired) electrons. The third-order valence-corrected chi connectivity index (χ3v) is 2.49. The van der Waals surface area contributed by atoms with E-state index in [-0.39, 0.29) is 18.2 Å². The van der Waals surface area contributed by atoms with Crippen LogP contribution in [0.2, 0.25) is 0 Å². The number of nitrogens with zero attached hydrogens (tertiary/aromatic N) is 1. The summed E-state index contributed by atoms with van der Waals surface area (Å²) in [6.45, 7) is 10.4. The van der Waals surface area contributed by atoms with Crippen LogP contribution >= 0.6 is 0 Å². The Morgan fingerprint density at radius 1 is 1.41 bits per heavy atom. The number of carbonyl (C=O) groups excluding carboxylic acids is 1. The molecule has 1 aliphatic rings. The van der Waals surface area contributed by atoms with Gasteiger partial charge in [0, 0.05) is 12.6 Å². The minimum Gasteiger partial charge on any atom is -0.444 e. The van der Waals surface area contributed by atoms with Crippen LogP contribution in [0.3, 0.4) is 0 Å². The minimum atomic E-state index is -0.523. The van der Waals surface area contributed by atoms with Crippen molar-refractivity contribution < 1.29 is 14.6 Å². The average Bonchev–Trinajstić information content (AvgIpc) is 2.44. The van der Waals surface area contributed by atoms with Crippen molar-refractivity contribution in [2.75, 3.05) is 13.1 Å². The van der Waals surface area contributed by atoms with E-state index in [1.807, 2.05) is 34.6 Å². The van der Waals surface area contributed by atoms with Crippen LogP contribution in [0.25, 0.3) is 0 Å². The highest BCUT2D eigenvalue weighted by molar-refractivity contribution is 5.68. The predicted molar refractivity (Wildman–Crippen MR) is 65.9 cm³/mol. The summed E-state index contributed by atoms with van der Waals surface area (Å²) >= 11 is 0. The quantitative estimate of drug-likeness (QED) is 0.759. The normalized spacial score (nSPS) is 25.5. The molecule has 1 heterocycles. The number of rotatable bonds is 2. The van der Waals surface area contributed by atoms with Gasteiger partial charge < -0.3 is 20.1 Å². The van der Waals surface area contributed by atoms with Crippen LogP contribution in [-0.2, 0) is 4.74 Å². The highest BCUT2D eigenvalue weighted by Crippen LogP contribution is 2.16. The number of ether oxygens (including phenoxy) is 1. The second-order valence-electron chi connectivity index (χ2n) is 5.88. The van der Waals surface area contributed by atoms with Crippen molar-refractivity contribution in [2.24, 2.45) is 0 Å². The molecule has 5 heteroatoms. The van der Waals surface area contributed by atoms with Gasteiger partial charge in [-0.3, -0.25) is 0 Å². The van der Waals surface area contributed by atoms with Crippen LogP contribution in [-0.4, -0.2) is 53.0 Å². The van der Waals surface area contributed by atoms with Gasteiger partial charge in [-0.1, -0.05) is 13.8 Å². The molecule has 1 aliphatic heterocycles. The van der Waals surface area contributed by atoms with E-state index in [0.29, 0.717) is 13.1 Å². The van der Waals surface area contributed by atoms with Gasteiger partial charge in [-0.05, 0) is 20.8 Å². The minimum absolute atomic E-state index is 0.0671. The molecule has 1 fully saturated rings. The number of aliphatic hydroxyl groups excluding tert-OH is 1. The van der Waals surface area contributed by atoms with Crippen LogP contribution in [0.1, 0.15) is 34.6 Å². The van der Waals surface area contributed by atoms with Crippen LogP contribution in [0.5, 0.6) is 0 Å². The smallest absolute Gasteiger partial charge is 0.410 e. The Hall–Kier alpha value is -0.810. The molecule has 0 aromatic heterocycles. The van der Waals surface area contributed by atoms with Crippen molar-refractivity contribution in [3.05, 3.63) is 0 Å². The summed E-state index contributed by atoms with van der Waals surface area (Å²) in [5, 5.41) is 13.1. The summed E-state index contributed by atoms with van der Waals surface area (Å²) in [4.78, 5) is 13.4. The van der Waals surface area contributed by atoms with E-state index in [4.69, 9.17) is 4.74 Å². The third-order valence-electron chi connectivity index (χ3n) is 2.49. The van der Waals surface area contributed by atoms with Crippen LogP contribution < -0.4 is 5.32 Å². The molecule has 0 bridgehead atoms. The Kier molecular flexibility index (Phi) is 4.38. The molecule has 17 heavy (non-hydrogen) atoms. The van der Waals surface area contributed by atoms with E-state index >= 15 is 0 Å². The maximum absolute atomic E-state index is 11.8. The molecular weight excluding hydrogens is 220 g/mol. The summed E-state index contributed by atoms with van der Waals surface area (Å²) in [6.07, 6.45) is -0.880. The predicted octanol–water partition coefficient (Wildman–Crippen LogP) is 0.965. The number of carbonyl (C=O) groups is 1. The van der Waals surface area contributed by atoms with Gasteiger partial charge in [0.25, 0.3) is 0 Å². The second kappa shape index (κ2) is 5.23. The monoisotopic (exact) mass is 244 g/mol. The summed E-state index contributed by atoms with van der Waals surface area (Å²) < 4.78 is 5.27. The average molecular weight is 244 g/mol. The molecule has 0 aromatic carbocycles. The van der Waals surface area contributed by atoms with E-state index < -0.39 is 11.7 Å². The van der Waals surface area contributed by atoms with Crippen molar-refractivity contribution in [3.63, 3.8) is 0 Å². The number of hydrogen-bond acceptors (Lipinski definition) is 4. The van der Waals surface area contributed by atoms with Gasteiger partial charge in [-0.2, -0.15) is 0 Å². The Balaban J connectivity index is 2.51. The first-order chi connectivity index (χ1) is 7.69.